The molecule has 0 radical (unpaired) electrons. The summed E-state index contributed by atoms with van der Waals surface area (Å²) in [5, 5.41) is 0.350. The Kier molecular flexibility index (Phi) is 2.87. The number of pyridine rings is 1. The number of carbonyl (C=O) groups is 1. The summed E-state index contributed by atoms with van der Waals surface area (Å²) in [7, 11) is 1.32. The highest BCUT2D eigenvalue weighted by Crippen LogP contribution is 2.27. The third-order valence-electron chi connectivity index (χ3n) is 2.79. The summed E-state index contributed by atoms with van der Waals surface area (Å²) >= 11 is 5.90. The van der Waals surface area contributed by atoms with Crippen LogP contribution in [-0.2, 0) is 11.2 Å². The fraction of sp³-hybridized carbons (Fsp3) is 0.250. The van der Waals surface area contributed by atoms with Gasteiger partial charge in [0.25, 0.3) is 0 Å². The van der Waals surface area contributed by atoms with Crippen LogP contribution in [-0.4, -0.2) is 34.2 Å². The number of fused-ring (bicyclic) bond motifs is 3. The van der Waals surface area contributed by atoms with Crippen LogP contribution in [0.25, 0.3) is 5.82 Å². The van der Waals surface area contributed by atoms with Gasteiger partial charge in [0.1, 0.15) is 11.0 Å². The quantitative estimate of drug-likeness (QED) is 0.586. The van der Waals surface area contributed by atoms with Crippen LogP contribution in [0.5, 0.6) is 5.75 Å². The van der Waals surface area contributed by atoms with Gasteiger partial charge in [-0.3, -0.25) is 4.57 Å². The standard InChI is InChI=1S/C12H10ClN3O3/c1-18-12(17)7-6-16-10(14-7)4-5-19-8-2-3-9(13)15-11(8)16/h2-3,6H,4-5H2,1H3. The fourth-order valence-corrected chi connectivity index (χ4v) is 2.07. The third kappa shape index (κ3) is 2.04. The fourth-order valence-electron chi connectivity index (χ4n) is 1.93. The van der Waals surface area contributed by atoms with Crippen molar-refractivity contribution < 1.29 is 14.3 Å². The maximum Gasteiger partial charge on any atom is 0.358 e. The molecule has 3 heterocycles. The Balaban J connectivity index is 2.17. The normalized spacial score (nSPS) is 12.9. The summed E-state index contributed by atoms with van der Waals surface area (Å²) in [6.45, 7) is 0.466. The number of imidazole rings is 1. The molecule has 0 amide bonds. The summed E-state index contributed by atoms with van der Waals surface area (Å²) in [6.07, 6.45) is 2.16. The van der Waals surface area contributed by atoms with E-state index in [4.69, 9.17) is 16.3 Å². The van der Waals surface area contributed by atoms with Gasteiger partial charge in [0, 0.05) is 12.6 Å². The maximum absolute atomic E-state index is 11.5. The smallest absolute Gasteiger partial charge is 0.358 e. The first-order chi connectivity index (χ1) is 9.19. The second kappa shape index (κ2) is 4.55. The highest BCUT2D eigenvalue weighted by molar-refractivity contribution is 6.29. The lowest BCUT2D eigenvalue weighted by Gasteiger charge is -2.07. The molecule has 0 saturated carbocycles. The van der Waals surface area contributed by atoms with Gasteiger partial charge in [0.05, 0.1) is 13.7 Å². The Morgan fingerprint density at radius 3 is 3.11 bits per heavy atom. The lowest BCUT2D eigenvalue weighted by molar-refractivity contribution is 0.0594. The van der Waals surface area contributed by atoms with Crippen LogP contribution < -0.4 is 4.74 Å². The van der Waals surface area contributed by atoms with Gasteiger partial charge >= 0.3 is 5.97 Å². The second-order valence-electron chi connectivity index (χ2n) is 3.96. The van der Waals surface area contributed by atoms with Crippen molar-refractivity contribution in [3.05, 3.63) is 35.0 Å². The van der Waals surface area contributed by atoms with Gasteiger partial charge < -0.3 is 9.47 Å². The van der Waals surface area contributed by atoms with Crippen molar-refractivity contribution in [2.75, 3.05) is 13.7 Å². The topological polar surface area (TPSA) is 66.2 Å². The van der Waals surface area contributed by atoms with Crippen molar-refractivity contribution in [3.8, 4) is 11.6 Å². The average Bonchev–Trinajstić information content (AvgIpc) is 2.76. The predicted octanol–water partition coefficient (Wildman–Crippen LogP) is 1.64. The van der Waals surface area contributed by atoms with Crippen molar-refractivity contribution in [2.45, 2.75) is 6.42 Å². The number of aromatic nitrogens is 3. The molecule has 2 aromatic rings. The van der Waals surface area contributed by atoms with Gasteiger partial charge in [-0.1, -0.05) is 11.6 Å². The zero-order valence-electron chi connectivity index (χ0n) is 10.1. The van der Waals surface area contributed by atoms with E-state index in [0.717, 1.165) is 0 Å². The molecule has 19 heavy (non-hydrogen) atoms. The van der Waals surface area contributed by atoms with Gasteiger partial charge in [-0.25, -0.2) is 14.8 Å². The van der Waals surface area contributed by atoms with E-state index in [1.807, 2.05) is 0 Å². The van der Waals surface area contributed by atoms with Crippen LogP contribution >= 0.6 is 11.6 Å². The monoisotopic (exact) mass is 279 g/mol. The van der Waals surface area contributed by atoms with Gasteiger partial charge in [-0.15, -0.1) is 0 Å². The number of hydrogen-bond acceptors (Lipinski definition) is 5. The van der Waals surface area contributed by atoms with E-state index in [0.29, 0.717) is 35.6 Å². The molecule has 3 rings (SSSR count). The Morgan fingerprint density at radius 2 is 2.32 bits per heavy atom. The van der Waals surface area contributed by atoms with Crippen molar-refractivity contribution >= 4 is 17.6 Å². The average molecular weight is 280 g/mol. The molecule has 0 saturated heterocycles. The number of hydrogen-bond donors (Lipinski definition) is 0. The van der Waals surface area contributed by atoms with E-state index < -0.39 is 5.97 Å². The number of halogens is 1. The minimum atomic E-state index is -0.481. The molecule has 0 aliphatic carbocycles. The third-order valence-corrected chi connectivity index (χ3v) is 3.00. The summed E-state index contributed by atoms with van der Waals surface area (Å²) < 4.78 is 11.9. The van der Waals surface area contributed by atoms with Gasteiger partial charge in [0.15, 0.2) is 17.3 Å². The van der Waals surface area contributed by atoms with E-state index in [1.54, 1.807) is 22.9 Å². The zero-order chi connectivity index (χ0) is 13.4. The SMILES string of the molecule is COC(=O)c1cn2c(n1)CCOc1ccc(Cl)nc1-2. The van der Waals surface area contributed by atoms with Crippen LogP contribution in [0.2, 0.25) is 5.15 Å². The van der Waals surface area contributed by atoms with Crippen LogP contribution in [0.15, 0.2) is 18.3 Å². The molecule has 1 aliphatic heterocycles. The summed E-state index contributed by atoms with van der Waals surface area (Å²) in [5.74, 6) is 1.35. The summed E-state index contributed by atoms with van der Waals surface area (Å²) in [6, 6.07) is 3.40. The van der Waals surface area contributed by atoms with E-state index in [1.165, 1.54) is 7.11 Å². The van der Waals surface area contributed by atoms with Gasteiger partial charge in [-0.05, 0) is 12.1 Å². The first-order valence-electron chi connectivity index (χ1n) is 5.65. The highest BCUT2D eigenvalue weighted by atomic mass is 35.5. The van der Waals surface area contributed by atoms with Crippen molar-refractivity contribution in [1.82, 2.24) is 14.5 Å². The van der Waals surface area contributed by atoms with Crippen molar-refractivity contribution in [1.29, 1.82) is 0 Å². The molecule has 2 aromatic heterocycles. The first kappa shape index (κ1) is 12.0. The minimum Gasteiger partial charge on any atom is -0.489 e. The minimum absolute atomic E-state index is 0.243. The summed E-state index contributed by atoms with van der Waals surface area (Å²) in [4.78, 5) is 20.0. The molecule has 0 unspecified atom stereocenters. The van der Waals surface area contributed by atoms with E-state index in [-0.39, 0.29) is 5.69 Å². The molecule has 0 spiro atoms. The lowest BCUT2D eigenvalue weighted by Crippen LogP contribution is -2.03. The molecule has 0 bridgehead atoms. The number of ether oxygens (including phenoxy) is 2. The van der Waals surface area contributed by atoms with Crippen LogP contribution in [0.4, 0.5) is 0 Å². The molecule has 1 aliphatic rings. The van der Waals surface area contributed by atoms with Gasteiger partial charge in [0.2, 0.25) is 0 Å². The Labute approximate surface area is 113 Å². The molecule has 0 N–H and O–H groups in total. The molecule has 7 heteroatoms. The van der Waals surface area contributed by atoms with E-state index in [2.05, 4.69) is 14.7 Å². The molecule has 6 nitrogen and oxygen atoms in total. The maximum atomic E-state index is 11.5. The Hall–Kier alpha value is -2.08. The predicted molar refractivity (Wildman–Crippen MR) is 66.9 cm³/mol. The van der Waals surface area contributed by atoms with Crippen molar-refractivity contribution in [2.24, 2.45) is 0 Å². The van der Waals surface area contributed by atoms with Crippen molar-refractivity contribution in [3.63, 3.8) is 0 Å². The molecule has 0 fully saturated rings. The van der Waals surface area contributed by atoms with Gasteiger partial charge in [-0.2, -0.15) is 0 Å². The largest absolute Gasteiger partial charge is 0.489 e. The number of carbonyl (C=O) groups excluding carboxylic acids is 1. The Bertz CT molecular complexity index is 654. The molecule has 0 atom stereocenters. The van der Waals surface area contributed by atoms with Crippen LogP contribution in [0, 0.1) is 0 Å². The zero-order valence-corrected chi connectivity index (χ0v) is 10.8. The molecule has 98 valence electrons. The number of esters is 1. The van der Waals surface area contributed by atoms with Crippen LogP contribution in [0.3, 0.4) is 0 Å². The number of rotatable bonds is 1. The lowest BCUT2D eigenvalue weighted by atomic mass is 10.4. The first-order valence-corrected chi connectivity index (χ1v) is 6.03. The highest BCUT2D eigenvalue weighted by Gasteiger charge is 2.21. The van der Waals surface area contributed by atoms with Crippen LogP contribution in [0.1, 0.15) is 16.3 Å². The van der Waals surface area contributed by atoms with E-state index >= 15 is 0 Å². The number of nitrogens with zero attached hydrogens (tertiary/aromatic N) is 3. The number of methoxy groups -OCH3 is 1. The molecular weight excluding hydrogens is 270 g/mol. The molecular formula is C12H10ClN3O3. The van der Waals surface area contributed by atoms with E-state index in [9.17, 15) is 4.79 Å². The molecule has 0 aromatic carbocycles. The second-order valence-corrected chi connectivity index (χ2v) is 4.35. The Morgan fingerprint density at radius 1 is 1.47 bits per heavy atom. The summed E-state index contributed by atoms with van der Waals surface area (Å²) in [5.41, 5.74) is 0.243.